The molecular formula is C16H23BrN2O2. The lowest BCUT2D eigenvalue weighted by Gasteiger charge is -2.32. The summed E-state index contributed by atoms with van der Waals surface area (Å²) in [5.74, 6) is 0.117. The van der Waals surface area contributed by atoms with Crippen molar-refractivity contribution in [1.29, 1.82) is 0 Å². The van der Waals surface area contributed by atoms with Crippen molar-refractivity contribution in [1.82, 2.24) is 4.90 Å². The van der Waals surface area contributed by atoms with Gasteiger partial charge in [-0.25, -0.2) is 0 Å². The number of carbonyl (C=O) groups excluding carboxylic acids is 1. The second-order valence-corrected chi connectivity index (χ2v) is 6.32. The van der Waals surface area contributed by atoms with Gasteiger partial charge in [-0.3, -0.25) is 4.79 Å². The van der Waals surface area contributed by atoms with Crippen LogP contribution < -0.4 is 5.73 Å². The van der Waals surface area contributed by atoms with Crippen LogP contribution >= 0.6 is 15.9 Å². The van der Waals surface area contributed by atoms with E-state index >= 15 is 0 Å². The van der Waals surface area contributed by atoms with Gasteiger partial charge in [0, 0.05) is 29.7 Å². The molecule has 4 nitrogen and oxygen atoms in total. The number of ether oxygens (including phenoxy) is 1. The molecule has 0 saturated carbocycles. The van der Waals surface area contributed by atoms with Crippen molar-refractivity contribution in [3.63, 3.8) is 0 Å². The van der Waals surface area contributed by atoms with Crippen molar-refractivity contribution in [2.24, 2.45) is 5.73 Å². The molecule has 0 aliphatic carbocycles. The molecule has 116 valence electrons. The van der Waals surface area contributed by atoms with E-state index in [-0.39, 0.29) is 12.0 Å². The number of rotatable bonds is 5. The molecule has 0 bridgehead atoms. The molecular weight excluding hydrogens is 332 g/mol. The average Bonchev–Trinajstić information content (AvgIpc) is 2.50. The summed E-state index contributed by atoms with van der Waals surface area (Å²) in [6.45, 7) is 4.92. The third kappa shape index (κ3) is 4.53. The zero-order chi connectivity index (χ0) is 15.2. The van der Waals surface area contributed by atoms with Gasteiger partial charge in [-0.2, -0.15) is 0 Å². The molecule has 1 saturated heterocycles. The fraction of sp³-hybridized carbons (Fsp3) is 0.562. The Hall–Kier alpha value is -0.910. The topological polar surface area (TPSA) is 55.6 Å². The highest BCUT2D eigenvalue weighted by molar-refractivity contribution is 9.10. The molecule has 0 spiro atoms. The Morgan fingerprint density at radius 1 is 1.43 bits per heavy atom. The maximum atomic E-state index is 12.5. The zero-order valence-electron chi connectivity index (χ0n) is 12.5. The summed E-state index contributed by atoms with van der Waals surface area (Å²) in [6.07, 6.45) is 2.99. The van der Waals surface area contributed by atoms with Gasteiger partial charge < -0.3 is 15.4 Å². The molecule has 2 N–H and O–H groups in total. The van der Waals surface area contributed by atoms with Gasteiger partial charge in [0.25, 0.3) is 5.91 Å². The van der Waals surface area contributed by atoms with Crippen LogP contribution in [-0.2, 0) is 4.74 Å². The van der Waals surface area contributed by atoms with Gasteiger partial charge in [0.1, 0.15) is 0 Å². The SMILES string of the molecule is Cc1cc(C(=O)N2CCC(OCCCN)CC2)ccc1Br. The zero-order valence-corrected chi connectivity index (χ0v) is 14.1. The minimum absolute atomic E-state index is 0.117. The number of halogens is 1. The molecule has 1 aliphatic heterocycles. The number of nitrogens with two attached hydrogens (primary N) is 1. The molecule has 0 aromatic heterocycles. The minimum Gasteiger partial charge on any atom is -0.378 e. The van der Waals surface area contributed by atoms with Crippen LogP contribution in [0.5, 0.6) is 0 Å². The third-order valence-corrected chi connectivity index (χ3v) is 4.73. The maximum absolute atomic E-state index is 12.5. The Bertz CT molecular complexity index is 485. The van der Waals surface area contributed by atoms with Crippen LogP contribution in [-0.4, -0.2) is 43.2 Å². The quantitative estimate of drug-likeness (QED) is 0.827. The Labute approximate surface area is 134 Å². The van der Waals surface area contributed by atoms with Crippen LogP contribution in [0.25, 0.3) is 0 Å². The first-order valence-electron chi connectivity index (χ1n) is 7.49. The van der Waals surface area contributed by atoms with Crippen molar-refractivity contribution in [3.05, 3.63) is 33.8 Å². The lowest BCUT2D eigenvalue weighted by molar-refractivity contribution is 0.00844. The van der Waals surface area contributed by atoms with E-state index in [9.17, 15) is 4.79 Å². The normalized spacial score (nSPS) is 16.2. The third-order valence-electron chi connectivity index (χ3n) is 3.84. The molecule has 2 rings (SSSR count). The second kappa shape index (κ2) is 7.92. The lowest BCUT2D eigenvalue weighted by atomic mass is 10.1. The van der Waals surface area contributed by atoms with Gasteiger partial charge in [-0.15, -0.1) is 0 Å². The van der Waals surface area contributed by atoms with Crippen molar-refractivity contribution in [3.8, 4) is 0 Å². The summed E-state index contributed by atoms with van der Waals surface area (Å²) in [6, 6.07) is 5.75. The van der Waals surface area contributed by atoms with Gasteiger partial charge in [0.2, 0.25) is 0 Å². The Morgan fingerprint density at radius 2 is 2.14 bits per heavy atom. The number of carbonyl (C=O) groups is 1. The Balaban J connectivity index is 1.86. The average molecular weight is 355 g/mol. The first kappa shape index (κ1) is 16.5. The predicted molar refractivity (Wildman–Crippen MR) is 87.4 cm³/mol. The van der Waals surface area contributed by atoms with E-state index < -0.39 is 0 Å². The standard InChI is InChI=1S/C16H23BrN2O2/c1-12-11-13(3-4-15(12)17)16(20)19-8-5-14(6-9-19)21-10-2-7-18/h3-4,11,14H,2,5-10,18H2,1H3. The number of benzene rings is 1. The summed E-state index contributed by atoms with van der Waals surface area (Å²) in [7, 11) is 0. The van der Waals surface area contributed by atoms with Crippen LogP contribution in [0.3, 0.4) is 0 Å². The fourth-order valence-electron chi connectivity index (χ4n) is 2.52. The first-order chi connectivity index (χ1) is 10.1. The summed E-state index contributed by atoms with van der Waals surface area (Å²) in [5.41, 5.74) is 7.30. The smallest absolute Gasteiger partial charge is 0.253 e. The Kier molecular flexibility index (Phi) is 6.21. The van der Waals surface area contributed by atoms with Crippen molar-refractivity contribution < 1.29 is 9.53 Å². The Morgan fingerprint density at radius 3 is 2.76 bits per heavy atom. The van der Waals surface area contributed by atoms with Gasteiger partial charge in [-0.05, 0) is 56.5 Å². The maximum Gasteiger partial charge on any atom is 0.253 e. The molecule has 1 amide bonds. The second-order valence-electron chi connectivity index (χ2n) is 5.47. The monoisotopic (exact) mass is 354 g/mol. The van der Waals surface area contributed by atoms with Crippen molar-refractivity contribution in [2.45, 2.75) is 32.3 Å². The van der Waals surface area contributed by atoms with E-state index in [2.05, 4.69) is 15.9 Å². The number of piperidine rings is 1. The number of amides is 1. The van der Waals surface area contributed by atoms with E-state index in [4.69, 9.17) is 10.5 Å². The van der Waals surface area contributed by atoms with Crippen LogP contribution in [0.4, 0.5) is 0 Å². The fourth-order valence-corrected chi connectivity index (χ4v) is 2.77. The van der Waals surface area contributed by atoms with E-state index in [1.54, 1.807) is 0 Å². The number of aryl methyl sites for hydroxylation is 1. The minimum atomic E-state index is 0.117. The van der Waals surface area contributed by atoms with E-state index in [1.807, 2.05) is 30.0 Å². The van der Waals surface area contributed by atoms with Gasteiger partial charge in [0.15, 0.2) is 0 Å². The van der Waals surface area contributed by atoms with Gasteiger partial charge >= 0.3 is 0 Å². The molecule has 0 radical (unpaired) electrons. The number of hydrogen-bond donors (Lipinski definition) is 1. The van der Waals surface area contributed by atoms with Crippen molar-refractivity contribution in [2.75, 3.05) is 26.2 Å². The largest absolute Gasteiger partial charge is 0.378 e. The van der Waals surface area contributed by atoms with Crippen LogP contribution in [0.15, 0.2) is 22.7 Å². The van der Waals surface area contributed by atoms with Crippen LogP contribution in [0, 0.1) is 6.92 Å². The summed E-state index contributed by atoms with van der Waals surface area (Å²) in [4.78, 5) is 14.4. The number of nitrogens with zero attached hydrogens (tertiary/aromatic N) is 1. The highest BCUT2D eigenvalue weighted by atomic mass is 79.9. The molecule has 21 heavy (non-hydrogen) atoms. The van der Waals surface area contributed by atoms with Crippen LogP contribution in [0.2, 0.25) is 0 Å². The van der Waals surface area contributed by atoms with Gasteiger partial charge in [0.05, 0.1) is 6.10 Å². The summed E-state index contributed by atoms with van der Waals surface area (Å²) in [5, 5.41) is 0. The van der Waals surface area contributed by atoms with E-state index in [1.165, 1.54) is 0 Å². The molecule has 1 heterocycles. The van der Waals surface area contributed by atoms with E-state index in [0.717, 1.165) is 54.6 Å². The van der Waals surface area contributed by atoms with Crippen molar-refractivity contribution >= 4 is 21.8 Å². The predicted octanol–water partition coefficient (Wildman–Crippen LogP) is 2.73. The molecule has 1 aromatic carbocycles. The van der Waals surface area contributed by atoms with Gasteiger partial charge in [-0.1, -0.05) is 15.9 Å². The summed E-state index contributed by atoms with van der Waals surface area (Å²) < 4.78 is 6.80. The molecule has 1 aromatic rings. The lowest BCUT2D eigenvalue weighted by Crippen LogP contribution is -2.41. The molecule has 0 atom stereocenters. The highest BCUT2D eigenvalue weighted by Crippen LogP contribution is 2.20. The summed E-state index contributed by atoms with van der Waals surface area (Å²) >= 11 is 3.46. The van der Waals surface area contributed by atoms with E-state index in [0.29, 0.717) is 6.54 Å². The van der Waals surface area contributed by atoms with Crippen LogP contribution in [0.1, 0.15) is 35.2 Å². The highest BCUT2D eigenvalue weighted by Gasteiger charge is 2.24. The molecule has 1 aliphatic rings. The molecule has 1 fully saturated rings. The first-order valence-corrected chi connectivity index (χ1v) is 8.28. The number of likely N-dealkylation sites (tertiary alicyclic amines) is 1. The molecule has 5 heteroatoms. The number of hydrogen-bond acceptors (Lipinski definition) is 3. The molecule has 0 unspecified atom stereocenters.